The van der Waals surface area contributed by atoms with Gasteiger partial charge in [-0.3, -0.25) is 0 Å². The summed E-state index contributed by atoms with van der Waals surface area (Å²) in [5, 5.41) is 14.8. The molecule has 0 aromatic carbocycles. The number of urea groups is 1. The van der Waals surface area contributed by atoms with Gasteiger partial charge in [0.1, 0.15) is 5.54 Å². The van der Waals surface area contributed by atoms with Crippen LogP contribution in [0.25, 0.3) is 0 Å². The predicted molar refractivity (Wildman–Crippen MR) is 73.5 cm³/mol. The molecule has 1 aliphatic heterocycles. The third kappa shape index (κ3) is 3.42. The van der Waals surface area contributed by atoms with Gasteiger partial charge in [0.2, 0.25) is 0 Å². The lowest BCUT2D eigenvalue weighted by Crippen LogP contribution is -2.56. The quantitative estimate of drug-likeness (QED) is 0.730. The van der Waals surface area contributed by atoms with Crippen molar-refractivity contribution < 1.29 is 19.4 Å². The minimum atomic E-state index is -1.07. The number of ether oxygens (including phenoxy) is 1. The number of rotatable bonds is 4. The van der Waals surface area contributed by atoms with Crippen molar-refractivity contribution in [2.75, 3.05) is 19.8 Å². The van der Waals surface area contributed by atoms with E-state index < -0.39 is 11.5 Å². The molecule has 6 nitrogen and oxygen atoms in total. The van der Waals surface area contributed by atoms with Gasteiger partial charge in [-0.05, 0) is 31.1 Å². The molecule has 0 unspecified atom stereocenters. The molecule has 1 saturated carbocycles. The third-order valence-corrected chi connectivity index (χ3v) is 4.59. The molecule has 2 amide bonds. The standard InChI is InChI=1S/C14H24N2O4/c1-13(6-8-20-9-7-13)10-15-12(19)16-14(11(17)18)4-2-3-5-14/h2-10H2,1H3,(H,17,18)(H2,15,16,19). The number of aliphatic carboxylic acids is 1. The topological polar surface area (TPSA) is 87.7 Å². The summed E-state index contributed by atoms with van der Waals surface area (Å²) in [6, 6.07) is -0.373. The molecule has 2 fully saturated rings. The Morgan fingerprint density at radius 3 is 2.30 bits per heavy atom. The van der Waals surface area contributed by atoms with Crippen LogP contribution in [-0.4, -0.2) is 42.4 Å². The number of carboxylic acids is 1. The predicted octanol–water partition coefficient (Wildman–Crippen LogP) is 1.50. The van der Waals surface area contributed by atoms with Crippen LogP contribution in [0, 0.1) is 5.41 Å². The van der Waals surface area contributed by atoms with Crippen LogP contribution in [0.3, 0.4) is 0 Å². The first-order chi connectivity index (χ1) is 9.46. The first-order valence-corrected chi connectivity index (χ1v) is 7.33. The zero-order valence-electron chi connectivity index (χ0n) is 12.0. The summed E-state index contributed by atoms with van der Waals surface area (Å²) in [6.07, 6.45) is 4.56. The monoisotopic (exact) mass is 284 g/mol. The molecule has 0 atom stereocenters. The van der Waals surface area contributed by atoms with Gasteiger partial charge in [-0.15, -0.1) is 0 Å². The Balaban J connectivity index is 1.84. The number of carboxylic acid groups (broad SMARTS) is 1. The highest BCUT2D eigenvalue weighted by Gasteiger charge is 2.42. The Morgan fingerprint density at radius 2 is 1.75 bits per heavy atom. The molecular formula is C14H24N2O4. The Hall–Kier alpha value is -1.30. The average molecular weight is 284 g/mol. The Morgan fingerprint density at radius 1 is 1.15 bits per heavy atom. The number of carbonyl (C=O) groups excluding carboxylic acids is 1. The molecule has 0 radical (unpaired) electrons. The maximum Gasteiger partial charge on any atom is 0.329 e. The van der Waals surface area contributed by atoms with E-state index in [1.807, 2.05) is 0 Å². The molecule has 0 spiro atoms. The van der Waals surface area contributed by atoms with Gasteiger partial charge in [0.05, 0.1) is 0 Å². The highest BCUT2D eigenvalue weighted by molar-refractivity contribution is 5.86. The molecule has 1 heterocycles. The first-order valence-electron chi connectivity index (χ1n) is 7.33. The molecule has 1 aliphatic carbocycles. The van der Waals surface area contributed by atoms with E-state index in [0.717, 1.165) is 38.9 Å². The van der Waals surface area contributed by atoms with Gasteiger partial charge < -0.3 is 20.5 Å². The fourth-order valence-electron chi connectivity index (χ4n) is 2.97. The largest absolute Gasteiger partial charge is 0.480 e. The van der Waals surface area contributed by atoms with Crippen LogP contribution in [0.15, 0.2) is 0 Å². The third-order valence-electron chi connectivity index (χ3n) is 4.59. The van der Waals surface area contributed by atoms with Gasteiger partial charge in [-0.25, -0.2) is 9.59 Å². The number of nitrogens with one attached hydrogen (secondary N) is 2. The Labute approximate surface area is 119 Å². The second-order valence-electron chi connectivity index (χ2n) is 6.33. The summed E-state index contributed by atoms with van der Waals surface area (Å²) >= 11 is 0. The summed E-state index contributed by atoms with van der Waals surface area (Å²) < 4.78 is 5.32. The van der Waals surface area contributed by atoms with E-state index >= 15 is 0 Å². The number of hydrogen-bond donors (Lipinski definition) is 3. The summed E-state index contributed by atoms with van der Waals surface area (Å²) in [7, 11) is 0. The molecule has 0 bridgehead atoms. The zero-order valence-corrected chi connectivity index (χ0v) is 12.0. The second kappa shape index (κ2) is 5.99. The van der Waals surface area contributed by atoms with Gasteiger partial charge in [-0.2, -0.15) is 0 Å². The lowest BCUT2D eigenvalue weighted by Gasteiger charge is -2.34. The normalized spacial score (nSPS) is 24.1. The number of hydrogen-bond acceptors (Lipinski definition) is 3. The maximum absolute atomic E-state index is 12.0. The molecule has 6 heteroatoms. The van der Waals surface area contributed by atoms with Crippen LogP contribution < -0.4 is 10.6 Å². The summed E-state index contributed by atoms with van der Waals surface area (Å²) in [5.74, 6) is -0.928. The molecule has 0 aromatic heterocycles. The van der Waals surface area contributed by atoms with Crippen LogP contribution in [0.5, 0.6) is 0 Å². The van der Waals surface area contributed by atoms with Crippen LogP contribution in [0.2, 0.25) is 0 Å². The van der Waals surface area contributed by atoms with Gasteiger partial charge in [0, 0.05) is 19.8 Å². The Kier molecular flexibility index (Phi) is 4.52. The van der Waals surface area contributed by atoms with Crippen molar-refractivity contribution in [1.82, 2.24) is 10.6 Å². The molecule has 114 valence electrons. The minimum absolute atomic E-state index is 0.0433. The fourth-order valence-corrected chi connectivity index (χ4v) is 2.97. The zero-order chi connectivity index (χ0) is 14.6. The summed E-state index contributed by atoms with van der Waals surface area (Å²) in [5.41, 5.74) is -1.03. The van der Waals surface area contributed by atoms with Crippen LogP contribution in [-0.2, 0) is 9.53 Å². The Bertz CT molecular complexity index is 371. The van der Waals surface area contributed by atoms with Crippen molar-refractivity contribution >= 4 is 12.0 Å². The lowest BCUT2D eigenvalue weighted by molar-refractivity contribution is -0.144. The molecule has 2 rings (SSSR count). The average Bonchev–Trinajstić information content (AvgIpc) is 2.87. The van der Waals surface area contributed by atoms with Crippen molar-refractivity contribution in [2.45, 2.75) is 51.0 Å². The SMILES string of the molecule is CC1(CNC(=O)NC2(C(=O)O)CCCC2)CCOCC1. The van der Waals surface area contributed by atoms with E-state index in [-0.39, 0.29) is 11.4 Å². The molecule has 1 saturated heterocycles. The van der Waals surface area contributed by atoms with Gasteiger partial charge in [0.25, 0.3) is 0 Å². The maximum atomic E-state index is 12.0. The van der Waals surface area contributed by atoms with Crippen molar-refractivity contribution in [3.05, 3.63) is 0 Å². The van der Waals surface area contributed by atoms with Gasteiger partial charge >= 0.3 is 12.0 Å². The smallest absolute Gasteiger partial charge is 0.329 e. The summed E-state index contributed by atoms with van der Waals surface area (Å²) in [4.78, 5) is 23.3. The lowest BCUT2D eigenvalue weighted by atomic mass is 9.82. The van der Waals surface area contributed by atoms with Crippen molar-refractivity contribution in [3.8, 4) is 0 Å². The molecule has 20 heavy (non-hydrogen) atoms. The van der Waals surface area contributed by atoms with E-state index in [4.69, 9.17) is 4.74 Å². The number of amides is 2. The van der Waals surface area contributed by atoms with Gasteiger partial charge in [0.15, 0.2) is 0 Å². The molecule has 2 aliphatic rings. The number of carbonyl (C=O) groups is 2. The fraction of sp³-hybridized carbons (Fsp3) is 0.857. The van der Waals surface area contributed by atoms with Crippen LogP contribution in [0.1, 0.15) is 45.4 Å². The van der Waals surface area contributed by atoms with Crippen molar-refractivity contribution in [2.24, 2.45) is 5.41 Å². The van der Waals surface area contributed by atoms with E-state index in [0.29, 0.717) is 19.4 Å². The molecular weight excluding hydrogens is 260 g/mol. The highest BCUT2D eigenvalue weighted by atomic mass is 16.5. The molecule has 0 aromatic rings. The van der Waals surface area contributed by atoms with E-state index in [1.165, 1.54) is 0 Å². The van der Waals surface area contributed by atoms with Gasteiger partial charge in [-0.1, -0.05) is 19.8 Å². The minimum Gasteiger partial charge on any atom is -0.480 e. The van der Waals surface area contributed by atoms with E-state index in [9.17, 15) is 14.7 Å². The van der Waals surface area contributed by atoms with Crippen LogP contribution in [0.4, 0.5) is 4.79 Å². The van der Waals surface area contributed by atoms with Crippen molar-refractivity contribution in [3.63, 3.8) is 0 Å². The highest BCUT2D eigenvalue weighted by Crippen LogP contribution is 2.30. The van der Waals surface area contributed by atoms with E-state index in [1.54, 1.807) is 0 Å². The van der Waals surface area contributed by atoms with Crippen molar-refractivity contribution in [1.29, 1.82) is 0 Å². The second-order valence-corrected chi connectivity index (χ2v) is 6.33. The molecule has 3 N–H and O–H groups in total. The van der Waals surface area contributed by atoms with Crippen LogP contribution >= 0.6 is 0 Å². The summed E-state index contributed by atoms with van der Waals surface area (Å²) in [6.45, 7) is 4.12. The van der Waals surface area contributed by atoms with E-state index in [2.05, 4.69) is 17.6 Å². The first kappa shape index (κ1) is 15.1.